The maximum atomic E-state index is 12.4. The van der Waals surface area contributed by atoms with Crippen LogP contribution >= 0.6 is 0 Å². The molecule has 6 heteroatoms. The lowest BCUT2D eigenvalue weighted by Gasteiger charge is -2.36. The normalized spacial score (nSPS) is 27.5. The van der Waals surface area contributed by atoms with E-state index in [4.69, 9.17) is 0 Å². The smallest absolute Gasteiger partial charge is 0.227 e. The molecule has 0 aromatic heterocycles. The quantitative estimate of drug-likeness (QED) is 0.759. The number of sulfonamides is 1. The van der Waals surface area contributed by atoms with Crippen LogP contribution in [0, 0.1) is 11.8 Å². The van der Waals surface area contributed by atoms with E-state index in [0.29, 0.717) is 19.0 Å². The van der Waals surface area contributed by atoms with E-state index in [1.165, 1.54) is 10.6 Å². The van der Waals surface area contributed by atoms with Gasteiger partial charge in [0.1, 0.15) is 0 Å². The SMILES string of the molecule is CC1CCN(C(=O)[C@@H]2CCCN(S(C)(=O)=O)C2)CC1. The maximum Gasteiger partial charge on any atom is 0.227 e. The molecule has 110 valence electrons. The first kappa shape index (κ1) is 14.8. The van der Waals surface area contributed by atoms with Gasteiger partial charge in [-0.1, -0.05) is 6.92 Å². The lowest BCUT2D eigenvalue weighted by molar-refractivity contribution is -0.138. The largest absolute Gasteiger partial charge is 0.342 e. The highest BCUT2D eigenvalue weighted by Gasteiger charge is 2.33. The van der Waals surface area contributed by atoms with Crippen LogP contribution in [0.3, 0.4) is 0 Å². The summed E-state index contributed by atoms with van der Waals surface area (Å²) in [6.45, 7) is 4.79. The van der Waals surface area contributed by atoms with Gasteiger partial charge >= 0.3 is 0 Å². The van der Waals surface area contributed by atoms with E-state index in [1.54, 1.807) is 0 Å². The third-order valence-corrected chi connectivity index (χ3v) is 5.57. The Morgan fingerprint density at radius 3 is 2.32 bits per heavy atom. The lowest BCUT2D eigenvalue weighted by Crippen LogP contribution is -2.48. The minimum atomic E-state index is -3.17. The molecule has 19 heavy (non-hydrogen) atoms. The van der Waals surface area contributed by atoms with E-state index in [1.807, 2.05) is 4.90 Å². The summed E-state index contributed by atoms with van der Waals surface area (Å²) in [5.74, 6) is 0.708. The Morgan fingerprint density at radius 2 is 1.74 bits per heavy atom. The Hall–Kier alpha value is -0.620. The molecule has 0 aliphatic carbocycles. The molecule has 0 unspecified atom stereocenters. The summed E-state index contributed by atoms with van der Waals surface area (Å²) in [5, 5.41) is 0. The highest BCUT2D eigenvalue weighted by atomic mass is 32.2. The molecule has 0 radical (unpaired) electrons. The molecule has 1 amide bonds. The van der Waals surface area contributed by atoms with Crippen molar-refractivity contribution in [2.24, 2.45) is 11.8 Å². The monoisotopic (exact) mass is 288 g/mol. The fraction of sp³-hybridized carbons (Fsp3) is 0.923. The van der Waals surface area contributed by atoms with Crippen LogP contribution in [0.15, 0.2) is 0 Å². The highest BCUT2D eigenvalue weighted by Crippen LogP contribution is 2.23. The zero-order valence-corrected chi connectivity index (χ0v) is 12.7. The van der Waals surface area contributed by atoms with Gasteiger partial charge in [-0.15, -0.1) is 0 Å². The van der Waals surface area contributed by atoms with Gasteiger partial charge in [-0.3, -0.25) is 4.79 Å². The first-order valence-electron chi connectivity index (χ1n) is 7.12. The second-order valence-electron chi connectivity index (χ2n) is 5.97. The Labute approximate surface area is 116 Å². The number of likely N-dealkylation sites (tertiary alicyclic amines) is 1. The van der Waals surface area contributed by atoms with E-state index in [-0.39, 0.29) is 11.8 Å². The number of carbonyl (C=O) groups is 1. The van der Waals surface area contributed by atoms with Crippen molar-refractivity contribution < 1.29 is 13.2 Å². The number of carbonyl (C=O) groups excluding carboxylic acids is 1. The Bertz CT molecular complexity index is 427. The molecule has 2 heterocycles. The predicted octanol–water partition coefficient (Wildman–Crippen LogP) is 0.917. The molecular weight excluding hydrogens is 264 g/mol. The molecule has 5 nitrogen and oxygen atoms in total. The molecule has 2 fully saturated rings. The average molecular weight is 288 g/mol. The molecule has 0 saturated carbocycles. The lowest BCUT2D eigenvalue weighted by atomic mass is 9.94. The summed E-state index contributed by atoms with van der Waals surface area (Å²) in [5.41, 5.74) is 0. The van der Waals surface area contributed by atoms with Gasteiger partial charge in [-0.05, 0) is 31.6 Å². The minimum absolute atomic E-state index is 0.142. The van der Waals surface area contributed by atoms with Crippen molar-refractivity contribution >= 4 is 15.9 Å². The summed E-state index contributed by atoms with van der Waals surface area (Å²) in [7, 11) is -3.17. The topological polar surface area (TPSA) is 57.7 Å². The Balaban J connectivity index is 1.95. The number of piperidine rings is 2. The first-order chi connectivity index (χ1) is 8.88. The van der Waals surface area contributed by atoms with Crippen LogP contribution in [0.2, 0.25) is 0 Å². The van der Waals surface area contributed by atoms with Crippen LogP contribution in [0.25, 0.3) is 0 Å². The molecule has 0 aromatic rings. The number of nitrogens with zero attached hydrogens (tertiary/aromatic N) is 2. The zero-order valence-electron chi connectivity index (χ0n) is 11.8. The second-order valence-corrected chi connectivity index (χ2v) is 7.95. The summed E-state index contributed by atoms with van der Waals surface area (Å²) < 4.78 is 24.6. The van der Waals surface area contributed by atoms with Gasteiger partial charge in [0, 0.05) is 26.2 Å². The van der Waals surface area contributed by atoms with E-state index < -0.39 is 10.0 Å². The summed E-state index contributed by atoms with van der Waals surface area (Å²) in [6, 6.07) is 0. The van der Waals surface area contributed by atoms with E-state index >= 15 is 0 Å². The van der Waals surface area contributed by atoms with Gasteiger partial charge in [0.05, 0.1) is 12.2 Å². The molecule has 0 spiro atoms. The van der Waals surface area contributed by atoms with Crippen molar-refractivity contribution in [2.75, 3.05) is 32.4 Å². The van der Waals surface area contributed by atoms with Gasteiger partial charge in [0.15, 0.2) is 0 Å². The van der Waals surface area contributed by atoms with Crippen LogP contribution in [0.4, 0.5) is 0 Å². The molecule has 2 saturated heterocycles. The number of rotatable bonds is 2. The summed E-state index contributed by atoms with van der Waals surface area (Å²) in [4.78, 5) is 14.4. The summed E-state index contributed by atoms with van der Waals surface area (Å²) in [6.07, 6.45) is 4.95. The standard InChI is InChI=1S/C13H24N2O3S/c1-11-5-8-14(9-6-11)13(16)12-4-3-7-15(10-12)19(2,17)18/h11-12H,3-10H2,1-2H3/t12-/m1/s1. The number of hydrogen-bond donors (Lipinski definition) is 0. The summed E-state index contributed by atoms with van der Waals surface area (Å²) >= 11 is 0. The minimum Gasteiger partial charge on any atom is -0.342 e. The fourth-order valence-electron chi connectivity index (χ4n) is 2.93. The van der Waals surface area contributed by atoms with Gasteiger partial charge < -0.3 is 4.90 Å². The van der Waals surface area contributed by atoms with Crippen LogP contribution in [0.5, 0.6) is 0 Å². The predicted molar refractivity (Wildman–Crippen MR) is 74.1 cm³/mol. The van der Waals surface area contributed by atoms with Crippen molar-refractivity contribution in [2.45, 2.75) is 32.6 Å². The van der Waals surface area contributed by atoms with Crippen LogP contribution in [-0.4, -0.2) is 56.0 Å². The Morgan fingerprint density at radius 1 is 1.11 bits per heavy atom. The molecule has 2 rings (SSSR count). The highest BCUT2D eigenvalue weighted by molar-refractivity contribution is 7.88. The molecule has 2 aliphatic heterocycles. The number of amides is 1. The molecular formula is C13H24N2O3S. The third-order valence-electron chi connectivity index (χ3n) is 4.30. The molecule has 2 aliphatic rings. The molecule has 0 N–H and O–H groups in total. The molecule has 0 aromatic carbocycles. The van der Waals surface area contributed by atoms with E-state index in [2.05, 4.69) is 6.92 Å². The van der Waals surface area contributed by atoms with E-state index in [9.17, 15) is 13.2 Å². The van der Waals surface area contributed by atoms with Gasteiger partial charge in [0.25, 0.3) is 0 Å². The van der Waals surface area contributed by atoms with Gasteiger partial charge in [-0.25, -0.2) is 12.7 Å². The zero-order chi connectivity index (χ0) is 14.0. The first-order valence-corrected chi connectivity index (χ1v) is 8.96. The molecule has 1 atom stereocenters. The van der Waals surface area contributed by atoms with Crippen molar-refractivity contribution in [3.05, 3.63) is 0 Å². The van der Waals surface area contributed by atoms with Crippen LogP contribution in [-0.2, 0) is 14.8 Å². The number of hydrogen-bond acceptors (Lipinski definition) is 3. The van der Waals surface area contributed by atoms with Crippen molar-refractivity contribution in [1.82, 2.24) is 9.21 Å². The Kier molecular flexibility index (Phi) is 4.50. The third kappa shape index (κ3) is 3.69. The maximum absolute atomic E-state index is 12.4. The van der Waals surface area contributed by atoms with Crippen LogP contribution in [0.1, 0.15) is 32.6 Å². The van der Waals surface area contributed by atoms with Crippen molar-refractivity contribution in [1.29, 1.82) is 0 Å². The fourth-order valence-corrected chi connectivity index (χ4v) is 3.84. The van der Waals surface area contributed by atoms with Crippen LogP contribution < -0.4 is 0 Å². The second kappa shape index (κ2) is 5.79. The average Bonchev–Trinajstić information content (AvgIpc) is 2.38. The van der Waals surface area contributed by atoms with E-state index in [0.717, 1.165) is 38.8 Å². The van der Waals surface area contributed by atoms with Crippen molar-refractivity contribution in [3.8, 4) is 0 Å². The van der Waals surface area contributed by atoms with Gasteiger partial charge in [0.2, 0.25) is 15.9 Å². The molecule has 0 bridgehead atoms. The van der Waals surface area contributed by atoms with Crippen molar-refractivity contribution in [3.63, 3.8) is 0 Å². The van der Waals surface area contributed by atoms with Gasteiger partial charge in [-0.2, -0.15) is 0 Å².